The number of aliphatic hydroxyl groups is 1. The Morgan fingerprint density at radius 1 is 1.11 bits per heavy atom. The van der Waals surface area contributed by atoms with Crippen LogP contribution in [0.3, 0.4) is 0 Å². The van der Waals surface area contributed by atoms with Crippen molar-refractivity contribution in [1.29, 1.82) is 0 Å². The maximum absolute atomic E-state index is 11.8. The van der Waals surface area contributed by atoms with Gasteiger partial charge in [0.05, 0.1) is 6.10 Å². The molecule has 0 saturated carbocycles. The molecule has 1 heterocycles. The van der Waals surface area contributed by atoms with E-state index in [1.54, 1.807) is 0 Å². The fourth-order valence-electron chi connectivity index (χ4n) is 5.08. The van der Waals surface area contributed by atoms with Crippen LogP contribution in [0.5, 0.6) is 11.5 Å². The van der Waals surface area contributed by atoms with Gasteiger partial charge in [0.25, 0.3) is 0 Å². The summed E-state index contributed by atoms with van der Waals surface area (Å²) in [5.41, 5.74) is 3.46. The highest BCUT2D eigenvalue weighted by Crippen LogP contribution is 2.46. The van der Waals surface area contributed by atoms with E-state index in [0.29, 0.717) is 40.3 Å². The van der Waals surface area contributed by atoms with Crippen molar-refractivity contribution >= 4 is 20.7 Å². The Balaban J connectivity index is 1.91. The van der Waals surface area contributed by atoms with E-state index in [1.807, 2.05) is 18.2 Å². The first-order valence-corrected chi connectivity index (χ1v) is 12.3. The van der Waals surface area contributed by atoms with Gasteiger partial charge in [0.1, 0.15) is 6.29 Å². The van der Waals surface area contributed by atoms with Crippen LogP contribution in [0.25, 0.3) is 6.08 Å². The SMILES string of the molecule is CC(C)[Si](OC[C@H]1C(C=O)=Cc2cc3c(cc2[C@@H]1O)OCO3)(C(C)C)C(C)C. The number of hydrogen-bond donors (Lipinski definition) is 1. The topological polar surface area (TPSA) is 65.0 Å². The van der Waals surface area contributed by atoms with Gasteiger partial charge in [-0.05, 0) is 46.0 Å². The number of hydrogen-bond acceptors (Lipinski definition) is 5. The van der Waals surface area contributed by atoms with Gasteiger partial charge in [-0.3, -0.25) is 4.79 Å². The van der Waals surface area contributed by atoms with E-state index in [-0.39, 0.29) is 12.7 Å². The average molecular weight is 405 g/mol. The number of carbonyl (C=O) groups excluding carboxylic acids is 1. The molecule has 1 aliphatic carbocycles. The molecule has 5 nitrogen and oxygen atoms in total. The summed E-state index contributed by atoms with van der Waals surface area (Å²) in [4.78, 5) is 11.8. The summed E-state index contributed by atoms with van der Waals surface area (Å²) in [6.45, 7) is 13.9. The first-order chi connectivity index (χ1) is 13.2. The zero-order chi connectivity index (χ0) is 20.6. The maximum Gasteiger partial charge on any atom is 0.231 e. The fourth-order valence-corrected chi connectivity index (χ4v) is 10.6. The van der Waals surface area contributed by atoms with Gasteiger partial charge < -0.3 is 19.0 Å². The molecule has 0 aromatic heterocycles. The Bertz CT molecular complexity index is 747. The molecule has 0 unspecified atom stereocenters. The lowest BCUT2D eigenvalue weighted by Crippen LogP contribution is -2.49. The molecule has 1 aromatic rings. The number of aldehydes is 1. The van der Waals surface area contributed by atoms with E-state index in [1.165, 1.54) is 0 Å². The smallest absolute Gasteiger partial charge is 0.231 e. The molecule has 2 aliphatic rings. The van der Waals surface area contributed by atoms with E-state index < -0.39 is 14.4 Å². The molecule has 0 spiro atoms. The molecular weight excluding hydrogens is 372 g/mol. The highest BCUT2D eigenvalue weighted by Gasteiger charge is 2.46. The third-order valence-electron chi connectivity index (χ3n) is 6.38. The van der Waals surface area contributed by atoms with Gasteiger partial charge in [-0.1, -0.05) is 41.5 Å². The largest absolute Gasteiger partial charge is 0.454 e. The fraction of sp³-hybridized carbons (Fsp3) is 0.591. The predicted octanol–water partition coefficient (Wildman–Crippen LogP) is 4.85. The molecule has 2 atom stereocenters. The number of rotatable bonds is 7. The molecule has 6 heteroatoms. The van der Waals surface area contributed by atoms with Crippen molar-refractivity contribution in [3.63, 3.8) is 0 Å². The third kappa shape index (κ3) is 3.42. The molecule has 1 aliphatic heterocycles. The molecule has 1 N–H and O–H groups in total. The van der Waals surface area contributed by atoms with E-state index in [0.717, 1.165) is 17.4 Å². The van der Waals surface area contributed by atoms with Crippen LogP contribution >= 0.6 is 0 Å². The number of benzene rings is 1. The summed E-state index contributed by atoms with van der Waals surface area (Å²) in [5, 5.41) is 11.1. The molecule has 28 heavy (non-hydrogen) atoms. The normalized spacial score (nSPS) is 21.3. The van der Waals surface area contributed by atoms with E-state index in [2.05, 4.69) is 41.5 Å². The Labute approximate surface area is 168 Å². The summed E-state index contributed by atoms with van der Waals surface area (Å²) in [6.07, 6.45) is 1.87. The lowest BCUT2D eigenvalue weighted by molar-refractivity contribution is -0.106. The Kier molecular flexibility index (Phi) is 6.03. The number of fused-ring (bicyclic) bond motifs is 2. The molecule has 0 saturated heterocycles. The zero-order valence-corrected chi connectivity index (χ0v) is 18.7. The standard InChI is InChI=1S/C22H32O5Si/c1-13(2)28(14(3)4,15(5)6)27-11-19-17(10-23)7-16-8-20-21(26-12-25-20)9-18(16)22(19)24/h7-10,13-15,19,22,24H,11-12H2,1-6H3/t19-,22-/m0/s1. The van der Waals surface area contributed by atoms with Crippen LogP contribution in [0.4, 0.5) is 0 Å². The number of aliphatic hydroxyl groups excluding tert-OH is 1. The van der Waals surface area contributed by atoms with Gasteiger partial charge in [0.15, 0.2) is 19.8 Å². The van der Waals surface area contributed by atoms with Crippen LogP contribution in [0.2, 0.25) is 16.6 Å². The van der Waals surface area contributed by atoms with E-state index in [4.69, 9.17) is 13.9 Å². The average Bonchev–Trinajstić information content (AvgIpc) is 3.08. The molecule has 1 aromatic carbocycles. The minimum Gasteiger partial charge on any atom is -0.454 e. The summed E-state index contributed by atoms with van der Waals surface area (Å²) >= 11 is 0. The van der Waals surface area contributed by atoms with Crippen LogP contribution in [0.15, 0.2) is 17.7 Å². The van der Waals surface area contributed by atoms with Crippen LogP contribution in [0.1, 0.15) is 58.8 Å². The van der Waals surface area contributed by atoms with Crippen molar-refractivity contribution in [3.05, 3.63) is 28.8 Å². The van der Waals surface area contributed by atoms with Crippen LogP contribution < -0.4 is 9.47 Å². The number of ether oxygens (including phenoxy) is 2. The van der Waals surface area contributed by atoms with Gasteiger partial charge >= 0.3 is 0 Å². The molecule has 0 fully saturated rings. The van der Waals surface area contributed by atoms with Crippen molar-refractivity contribution in [2.24, 2.45) is 5.92 Å². The second-order valence-electron chi connectivity index (χ2n) is 8.78. The molecule has 0 amide bonds. The minimum atomic E-state index is -2.09. The predicted molar refractivity (Wildman–Crippen MR) is 112 cm³/mol. The summed E-state index contributed by atoms with van der Waals surface area (Å²) in [5.74, 6) is 0.900. The molecular formula is C22H32O5Si. The quantitative estimate of drug-likeness (QED) is 0.520. The first-order valence-electron chi connectivity index (χ1n) is 10.1. The van der Waals surface area contributed by atoms with Crippen molar-refractivity contribution in [2.45, 2.75) is 64.3 Å². The van der Waals surface area contributed by atoms with Crippen LogP contribution in [-0.2, 0) is 9.22 Å². The van der Waals surface area contributed by atoms with Gasteiger partial charge in [-0.25, -0.2) is 0 Å². The van der Waals surface area contributed by atoms with Gasteiger partial charge in [0.2, 0.25) is 6.79 Å². The Morgan fingerprint density at radius 3 is 2.21 bits per heavy atom. The first kappa shape index (κ1) is 21.1. The van der Waals surface area contributed by atoms with E-state index >= 15 is 0 Å². The third-order valence-corrected chi connectivity index (χ3v) is 12.5. The molecule has 0 radical (unpaired) electrons. The summed E-state index contributed by atoms with van der Waals surface area (Å²) in [7, 11) is -2.09. The highest BCUT2D eigenvalue weighted by molar-refractivity contribution is 6.77. The summed E-state index contributed by atoms with van der Waals surface area (Å²) in [6, 6.07) is 3.66. The van der Waals surface area contributed by atoms with Crippen LogP contribution in [-0.4, -0.2) is 33.1 Å². The molecule has 0 bridgehead atoms. The summed E-state index contributed by atoms with van der Waals surface area (Å²) < 4.78 is 17.6. The second kappa shape index (κ2) is 8.01. The lowest BCUT2D eigenvalue weighted by Gasteiger charge is -2.43. The monoisotopic (exact) mass is 404 g/mol. The van der Waals surface area contributed by atoms with Gasteiger partial charge in [0, 0.05) is 18.1 Å². The molecule has 3 rings (SSSR count). The lowest BCUT2D eigenvalue weighted by atomic mass is 9.82. The minimum absolute atomic E-state index is 0.177. The Morgan fingerprint density at radius 2 is 1.68 bits per heavy atom. The van der Waals surface area contributed by atoms with Crippen molar-refractivity contribution < 1.29 is 23.8 Å². The van der Waals surface area contributed by atoms with Gasteiger partial charge in [-0.15, -0.1) is 0 Å². The second-order valence-corrected chi connectivity index (χ2v) is 14.2. The van der Waals surface area contributed by atoms with E-state index in [9.17, 15) is 9.90 Å². The number of carbonyl (C=O) groups is 1. The maximum atomic E-state index is 11.8. The Hall–Kier alpha value is -1.63. The van der Waals surface area contributed by atoms with Crippen molar-refractivity contribution in [1.82, 2.24) is 0 Å². The van der Waals surface area contributed by atoms with Gasteiger partial charge in [-0.2, -0.15) is 0 Å². The molecule has 154 valence electrons. The highest BCUT2D eigenvalue weighted by atomic mass is 28.4. The zero-order valence-electron chi connectivity index (χ0n) is 17.7. The van der Waals surface area contributed by atoms with Crippen LogP contribution in [0, 0.1) is 5.92 Å². The van der Waals surface area contributed by atoms with Crippen molar-refractivity contribution in [2.75, 3.05) is 13.4 Å². The van der Waals surface area contributed by atoms with Crippen molar-refractivity contribution in [3.8, 4) is 11.5 Å².